The molecule has 10 nitrogen and oxygen atoms in total. The maximum atomic E-state index is 13.5. The van der Waals surface area contributed by atoms with Crippen molar-refractivity contribution in [3.8, 4) is 0 Å². The van der Waals surface area contributed by atoms with E-state index in [0.29, 0.717) is 18.7 Å². The normalized spacial score (nSPS) is 12.4. The highest BCUT2D eigenvalue weighted by Gasteiger charge is 2.34. The molecule has 0 aliphatic carbocycles. The highest BCUT2D eigenvalue weighted by atomic mass is 19.4. The second-order valence-corrected chi connectivity index (χ2v) is 11.7. The van der Waals surface area contributed by atoms with Crippen molar-refractivity contribution in [2.24, 2.45) is 0 Å². The predicted octanol–water partition coefficient (Wildman–Crippen LogP) is 2.96. The van der Waals surface area contributed by atoms with E-state index in [2.05, 4.69) is 26.6 Å². The molecule has 0 unspecified atom stereocenters. The summed E-state index contributed by atoms with van der Waals surface area (Å²) >= 11 is 0. The van der Waals surface area contributed by atoms with E-state index in [4.69, 9.17) is 5.73 Å². The van der Waals surface area contributed by atoms with Crippen LogP contribution < -0.4 is 32.3 Å². The lowest BCUT2D eigenvalue weighted by Crippen LogP contribution is -2.56. The number of hydrogen-bond acceptors (Lipinski definition) is 6. The molecule has 0 aliphatic rings. The number of rotatable bonds is 11. The Kier molecular flexibility index (Phi) is 11.7. The van der Waals surface area contributed by atoms with Gasteiger partial charge in [0.25, 0.3) is 11.8 Å². The molecule has 0 aliphatic heterocycles. The summed E-state index contributed by atoms with van der Waals surface area (Å²) in [6.07, 6.45) is -4.84. The lowest BCUT2D eigenvalue weighted by molar-refractivity contribution is -0.137. The summed E-state index contributed by atoms with van der Waals surface area (Å²) in [7, 11) is 0. The first kappa shape index (κ1) is 35.1. The van der Waals surface area contributed by atoms with E-state index in [1.165, 1.54) is 0 Å². The molecule has 4 amide bonds. The van der Waals surface area contributed by atoms with Gasteiger partial charge in [-0.3, -0.25) is 19.2 Å². The number of hydrogen-bond donors (Lipinski definition) is 6. The van der Waals surface area contributed by atoms with Crippen molar-refractivity contribution in [1.29, 1.82) is 0 Å². The molecule has 0 bridgehead atoms. The van der Waals surface area contributed by atoms with Gasteiger partial charge < -0.3 is 32.3 Å². The zero-order valence-electron chi connectivity index (χ0n) is 25.5. The fourth-order valence-electron chi connectivity index (χ4n) is 4.16. The molecule has 43 heavy (non-hydrogen) atoms. The standard InChI is InChI=1S/C30H41F3N6O4/c1-16(2)37-28(43)25-21(11-20(12-22(25)34)30(31,32)33)26(41)36-15-24(40)38-23(27(42)39-29(5,6)7)14-35-13-19-9-8-17(3)10-18(19)4/h8-12,16,23,35H,13-15,34H2,1-7H3,(H,36,41)(H,37,43)(H,38,40)(H,39,42)/t23-/m0/s1. The summed E-state index contributed by atoms with van der Waals surface area (Å²) in [5.74, 6) is -3.21. The van der Waals surface area contributed by atoms with Crippen LogP contribution in [0.5, 0.6) is 0 Å². The Hall–Kier alpha value is -4.13. The quantitative estimate of drug-likeness (QED) is 0.216. The first-order valence-corrected chi connectivity index (χ1v) is 13.8. The number of carbonyl (C=O) groups is 4. The summed E-state index contributed by atoms with van der Waals surface area (Å²) in [6, 6.07) is 5.61. The minimum Gasteiger partial charge on any atom is -0.398 e. The molecule has 0 aromatic heterocycles. The van der Waals surface area contributed by atoms with Crippen molar-refractivity contribution < 1.29 is 32.3 Å². The van der Waals surface area contributed by atoms with E-state index in [1.807, 2.05) is 32.0 Å². The molecule has 0 saturated heterocycles. The molecule has 2 aromatic rings. The van der Waals surface area contributed by atoms with E-state index in [1.54, 1.807) is 34.6 Å². The van der Waals surface area contributed by atoms with Gasteiger partial charge in [0.15, 0.2) is 0 Å². The molecule has 0 radical (unpaired) electrons. The third-order valence-electron chi connectivity index (χ3n) is 6.11. The van der Waals surface area contributed by atoms with Crippen molar-refractivity contribution in [3.05, 3.63) is 63.7 Å². The maximum Gasteiger partial charge on any atom is 0.416 e. The van der Waals surface area contributed by atoms with Crippen LogP contribution in [0.3, 0.4) is 0 Å². The average molecular weight is 607 g/mol. The Labute approximate surface area is 249 Å². The van der Waals surface area contributed by atoms with Crippen molar-refractivity contribution in [2.45, 2.75) is 78.8 Å². The van der Waals surface area contributed by atoms with Gasteiger partial charge >= 0.3 is 6.18 Å². The molecule has 1 atom stereocenters. The van der Waals surface area contributed by atoms with Crippen LogP contribution in [0.15, 0.2) is 30.3 Å². The van der Waals surface area contributed by atoms with Gasteiger partial charge in [-0.05, 0) is 71.7 Å². The number of anilines is 1. The molecule has 2 rings (SSSR count). The van der Waals surface area contributed by atoms with Crippen LogP contribution in [0.4, 0.5) is 18.9 Å². The van der Waals surface area contributed by atoms with Crippen molar-refractivity contribution >= 4 is 29.3 Å². The lowest BCUT2D eigenvalue weighted by Gasteiger charge is -2.26. The molecule has 13 heteroatoms. The largest absolute Gasteiger partial charge is 0.416 e. The van der Waals surface area contributed by atoms with Crippen LogP contribution in [0, 0.1) is 13.8 Å². The molecule has 236 valence electrons. The summed E-state index contributed by atoms with van der Waals surface area (Å²) in [5, 5.41) is 13.2. The zero-order chi connectivity index (χ0) is 32.7. The Morgan fingerprint density at radius 3 is 2.14 bits per heavy atom. The van der Waals surface area contributed by atoms with Gasteiger partial charge in [0.2, 0.25) is 11.8 Å². The summed E-state index contributed by atoms with van der Waals surface area (Å²) < 4.78 is 40.4. The topological polar surface area (TPSA) is 154 Å². The van der Waals surface area contributed by atoms with Crippen LogP contribution in [-0.4, -0.2) is 54.3 Å². The highest BCUT2D eigenvalue weighted by molar-refractivity contribution is 6.11. The van der Waals surface area contributed by atoms with Gasteiger partial charge in [-0.1, -0.05) is 23.8 Å². The Balaban J connectivity index is 2.20. The molecule has 0 saturated carbocycles. The minimum atomic E-state index is -4.84. The third kappa shape index (κ3) is 10.9. The number of nitrogens with one attached hydrogen (secondary N) is 5. The molecular weight excluding hydrogens is 565 g/mol. The number of alkyl halides is 3. The number of nitrogens with two attached hydrogens (primary N) is 1. The van der Waals surface area contributed by atoms with Gasteiger partial charge in [-0.2, -0.15) is 13.2 Å². The van der Waals surface area contributed by atoms with Crippen LogP contribution in [-0.2, 0) is 22.3 Å². The molecule has 7 N–H and O–H groups in total. The summed E-state index contributed by atoms with van der Waals surface area (Å²) in [6.45, 7) is 12.3. The second kappa shape index (κ2) is 14.4. The SMILES string of the molecule is Cc1ccc(CNC[C@H](NC(=O)CNC(=O)c2cc(C(F)(F)F)cc(N)c2C(=O)NC(C)C)C(=O)NC(C)(C)C)c(C)c1. The molecule has 2 aromatic carbocycles. The van der Waals surface area contributed by atoms with E-state index < -0.39 is 76.4 Å². The third-order valence-corrected chi connectivity index (χ3v) is 6.11. The average Bonchev–Trinajstić information content (AvgIpc) is 2.85. The van der Waals surface area contributed by atoms with Crippen LogP contribution in [0.25, 0.3) is 0 Å². The fourth-order valence-corrected chi connectivity index (χ4v) is 4.16. The van der Waals surface area contributed by atoms with E-state index in [-0.39, 0.29) is 6.54 Å². The maximum absolute atomic E-state index is 13.5. The van der Waals surface area contributed by atoms with Crippen molar-refractivity contribution in [3.63, 3.8) is 0 Å². The van der Waals surface area contributed by atoms with E-state index in [9.17, 15) is 32.3 Å². The second-order valence-electron chi connectivity index (χ2n) is 11.7. The highest BCUT2D eigenvalue weighted by Crippen LogP contribution is 2.33. The first-order chi connectivity index (χ1) is 19.8. The van der Waals surface area contributed by atoms with Gasteiger partial charge in [-0.25, -0.2) is 0 Å². The molecular formula is C30H41F3N6O4. The van der Waals surface area contributed by atoms with E-state index in [0.717, 1.165) is 16.7 Å². The Bertz CT molecular complexity index is 1350. The monoisotopic (exact) mass is 606 g/mol. The number of nitrogen functional groups attached to an aromatic ring is 1. The fraction of sp³-hybridized carbons (Fsp3) is 0.467. The Morgan fingerprint density at radius 2 is 1.58 bits per heavy atom. The van der Waals surface area contributed by atoms with Crippen molar-refractivity contribution in [2.75, 3.05) is 18.8 Å². The number of aryl methyl sites for hydroxylation is 2. The van der Waals surface area contributed by atoms with Gasteiger partial charge in [0.1, 0.15) is 6.04 Å². The number of halogens is 3. The van der Waals surface area contributed by atoms with Crippen LogP contribution in [0.2, 0.25) is 0 Å². The molecule has 0 spiro atoms. The smallest absolute Gasteiger partial charge is 0.398 e. The minimum absolute atomic E-state index is 0.0542. The zero-order valence-corrected chi connectivity index (χ0v) is 25.5. The van der Waals surface area contributed by atoms with Gasteiger partial charge in [0, 0.05) is 30.4 Å². The van der Waals surface area contributed by atoms with Crippen LogP contribution >= 0.6 is 0 Å². The number of amides is 4. The Morgan fingerprint density at radius 1 is 0.930 bits per heavy atom. The summed E-state index contributed by atoms with van der Waals surface area (Å²) in [5.41, 5.74) is 5.49. The summed E-state index contributed by atoms with van der Waals surface area (Å²) in [4.78, 5) is 51.5. The van der Waals surface area contributed by atoms with Gasteiger partial charge in [0.05, 0.1) is 23.2 Å². The van der Waals surface area contributed by atoms with Gasteiger partial charge in [-0.15, -0.1) is 0 Å². The first-order valence-electron chi connectivity index (χ1n) is 13.8. The molecule has 0 heterocycles. The number of benzene rings is 2. The van der Waals surface area contributed by atoms with Crippen LogP contribution in [0.1, 0.15) is 77.6 Å². The predicted molar refractivity (Wildman–Crippen MR) is 158 cm³/mol. The molecule has 0 fully saturated rings. The number of carbonyl (C=O) groups excluding carboxylic acids is 4. The van der Waals surface area contributed by atoms with E-state index >= 15 is 0 Å². The lowest BCUT2D eigenvalue weighted by atomic mass is 9.99. The van der Waals surface area contributed by atoms with Crippen molar-refractivity contribution in [1.82, 2.24) is 26.6 Å².